The van der Waals surface area contributed by atoms with Gasteiger partial charge in [0.25, 0.3) is 0 Å². The van der Waals surface area contributed by atoms with E-state index >= 15 is 0 Å². The van der Waals surface area contributed by atoms with Gasteiger partial charge in [-0.3, -0.25) is 4.79 Å². The van der Waals surface area contributed by atoms with Gasteiger partial charge in [-0.1, -0.05) is 66.7 Å². The van der Waals surface area contributed by atoms with Gasteiger partial charge in [-0.2, -0.15) is 0 Å². The molecule has 0 saturated heterocycles. The quantitative estimate of drug-likeness (QED) is 0.390. The molecule has 0 N–H and O–H groups in total. The van der Waals surface area contributed by atoms with E-state index in [1.807, 2.05) is 0 Å². The fourth-order valence-corrected chi connectivity index (χ4v) is 5.93. The second-order valence-corrected chi connectivity index (χ2v) is 8.00. The molecule has 0 spiro atoms. The van der Waals surface area contributed by atoms with Crippen LogP contribution in [0.25, 0.3) is 0 Å². The standard InChI is InChI=1S/C25H16O/c26-22-10-9-17-18-11-20-21(12-19(18)25(17)22)24-15-7-3-1-5-13(15)23(20)14-6-2-4-8-16(14)24/h1-12,17,23-25H. The molecule has 1 nitrogen and oxygen atoms in total. The number of ketones is 1. The zero-order chi connectivity index (χ0) is 17.0. The lowest BCUT2D eigenvalue weighted by molar-refractivity contribution is -0.116. The molecule has 0 saturated carbocycles. The molecule has 0 aromatic heterocycles. The minimum absolute atomic E-state index is 0.0845. The first-order valence-corrected chi connectivity index (χ1v) is 9.40. The number of benzene rings is 3. The summed E-state index contributed by atoms with van der Waals surface area (Å²) >= 11 is 0. The second-order valence-electron chi connectivity index (χ2n) is 8.00. The van der Waals surface area contributed by atoms with Crippen molar-refractivity contribution in [3.05, 3.63) is 117 Å². The fourth-order valence-electron chi connectivity index (χ4n) is 5.93. The number of rotatable bonds is 0. The van der Waals surface area contributed by atoms with Gasteiger partial charge in [0.05, 0.1) is 5.92 Å². The van der Waals surface area contributed by atoms with Crippen LogP contribution in [-0.2, 0) is 4.79 Å². The Morgan fingerprint density at radius 3 is 1.62 bits per heavy atom. The molecular weight excluding hydrogens is 316 g/mol. The Hall–Kier alpha value is -2.93. The van der Waals surface area contributed by atoms with Crippen LogP contribution in [0.2, 0.25) is 0 Å². The molecule has 1 heteroatoms. The number of allylic oxidation sites excluding steroid dienone is 2. The Morgan fingerprint density at radius 1 is 0.577 bits per heavy atom. The van der Waals surface area contributed by atoms with Crippen molar-refractivity contribution in [3.63, 3.8) is 0 Å². The van der Waals surface area contributed by atoms with Gasteiger partial charge in [0.2, 0.25) is 0 Å². The smallest absolute Gasteiger partial charge is 0.163 e. The third kappa shape index (κ3) is 1.32. The van der Waals surface area contributed by atoms with Crippen molar-refractivity contribution in [1.29, 1.82) is 0 Å². The maximum Gasteiger partial charge on any atom is 0.163 e. The molecule has 122 valence electrons. The van der Waals surface area contributed by atoms with Crippen molar-refractivity contribution in [2.45, 2.75) is 23.7 Å². The van der Waals surface area contributed by atoms with Crippen LogP contribution in [0, 0.1) is 0 Å². The van der Waals surface area contributed by atoms with E-state index in [0.717, 1.165) is 0 Å². The summed E-state index contributed by atoms with van der Waals surface area (Å²) in [6.45, 7) is 0. The van der Waals surface area contributed by atoms with Crippen molar-refractivity contribution >= 4 is 5.78 Å². The van der Waals surface area contributed by atoms with E-state index in [2.05, 4.69) is 66.7 Å². The highest BCUT2D eigenvalue weighted by atomic mass is 16.1. The van der Waals surface area contributed by atoms with Crippen LogP contribution < -0.4 is 0 Å². The predicted molar refractivity (Wildman–Crippen MR) is 101 cm³/mol. The van der Waals surface area contributed by atoms with Gasteiger partial charge in [0, 0.05) is 17.8 Å². The zero-order valence-electron chi connectivity index (χ0n) is 14.1. The summed E-state index contributed by atoms with van der Waals surface area (Å²) in [6, 6.07) is 22.6. The lowest BCUT2D eigenvalue weighted by Gasteiger charge is -2.45. The molecule has 3 aromatic rings. The van der Waals surface area contributed by atoms with Crippen LogP contribution in [0.5, 0.6) is 0 Å². The van der Waals surface area contributed by atoms with Gasteiger partial charge in [-0.15, -0.1) is 0 Å². The van der Waals surface area contributed by atoms with Crippen LogP contribution in [0.1, 0.15) is 68.2 Å². The largest absolute Gasteiger partial charge is 0.294 e. The van der Waals surface area contributed by atoms with Gasteiger partial charge in [-0.25, -0.2) is 0 Å². The lowest BCUT2D eigenvalue weighted by atomic mass is 9.58. The van der Waals surface area contributed by atoms with Gasteiger partial charge >= 0.3 is 0 Å². The van der Waals surface area contributed by atoms with Crippen LogP contribution in [0.15, 0.2) is 72.8 Å². The second kappa shape index (κ2) is 4.24. The van der Waals surface area contributed by atoms with E-state index in [-0.39, 0.29) is 11.7 Å². The molecule has 2 atom stereocenters. The monoisotopic (exact) mass is 332 g/mol. The summed E-state index contributed by atoms with van der Waals surface area (Å²) in [7, 11) is 0. The van der Waals surface area contributed by atoms with Crippen molar-refractivity contribution in [2.75, 3.05) is 0 Å². The minimum Gasteiger partial charge on any atom is -0.294 e. The average molecular weight is 332 g/mol. The molecule has 0 radical (unpaired) electrons. The summed E-state index contributed by atoms with van der Waals surface area (Å²) in [5.74, 6) is 1.31. The first kappa shape index (κ1) is 13.3. The Morgan fingerprint density at radius 2 is 1.08 bits per heavy atom. The molecule has 3 aromatic carbocycles. The van der Waals surface area contributed by atoms with Crippen LogP contribution >= 0.6 is 0 Å². The number of hydrogen-bond acceptors (Lipinski definition) is 1. The molecule has 2 bridgehead atoms. The van der Waals surface area contributed by atoms with Gasteiger partial charge < -0.3 is 0 Å². The van der Waals surface area contributed by atoms with Crippen molar-refractivity contribution < 1.29 is 4.79 Å². The van der Waals surface area contributed by atoms with Gasteiger partial charge in [0.1, 0.15) is 0 Å². The maximum absolute atomic E-state index is 12.2. The van der Waals surface area contributed by atoms with E-state index in [9.17, 15) is 4.79 Å². The Balaban J connectivity index is 1.55. The molecule has 0 aliphatic heterocycles. The third-order valence-corrected chi connectivity index (χ3v) is 6.97. The van der Waals surface area contributed by atoms with E-state index in [1.165, 1.54) is 44.5 Å². The predicted octanol–water partition coefficient (Wildman–Crippen LogP) is 4.99. The van der Waals surface area contributed by atoms with Gasteiger partial charge in [-0.05, 0) is 50.6 Å². The number of carbonyl (C=O) groups excluding carboxylic acids is 1. The highest BCUT2D eigenvalue weighted by Gasteiger charge is 2.47. The summed E-state index contributed by atoms with van der Waals surface area (Å²) in [5, 5.41) is 0. The molecule has 5 aliphatic carbocycles. The van der Waals surface area contributed by atoms with E-state index < -0.39 is 0 Å². The Bertz CT molecular complexity index is 1140. The minimum atomic E-state index is 0.0845. The molecule has 0 fully saturated rings. The maximum atomic E-state index is 12.2. The normalized spacial score (nSPS) is 27.9. The van der Waals surface area contributed by atoms with Crippen LogP contribution in [0.4, 0.5) is 0 Å². The van der Waals surface area contributed by atoms with Crippen molar-refractivity contribution in [3.8, 4) is 0 Å². The molecular formula is C25H16O. The Kier molecular flexibility index (Phi) is 2.17. The fraction of sp³-hybridized carbons (Fsp3) is 0.160. The summed E-state index contributed by atoms with van der Waals surface area (Å²) in [5.41, 5.74) is 11.3. The molecule has 0 heterocycles. The SMILES string of the molecule is O=C1C=CC2c3cc4c(cc3C12)C1c2ccccc2C4c2ccccc21. The lowest BCUT2D eigenvalue weighted by Crippen LogP contribution is -2.31. The van der Waals surface area contributed by atoms with Crippen LogP contribution in [0.3, 0.4) is 0 Å². The average Bonchev–Trinajstić information content (AvgIpc) is 3.01. The van der Waals surface area contributed by atoms with Crippen molar-refractivity contribution in [2.24, 2.45) is 0 Å². The molecule has 26 heavy (non-hydrogen) atoms. The van der Waals surface area contributed by atoms with E-state index in [1.54, 1.807) is 6.08 Å². The van der Waals surface area contributed by atoms with Crippen molar-refractivity contribution in [1.82, 2.24) is 0 Å². The first-order chi connectivity index (χ1) is 12.8. The first-order valence-electron chi connectivity index (χ1n) is 9.40. The number of carbonyl (C=O) groups is 1. The molecule has 0 amide bonds. The van der Waals surface area contributed by atoms with Crippen LogP contribution in [-0.4, -0.2) is 5.78 Å². The topological polar surface area (TPSA) is 17.1 Å². The summed E-state index contributed by atoms with van der Waals surface area (Å²) in [4.78, 5) is 12.2. The molecule has 8 rings (SSSR count). The Labute approximate surface area is 152 Å². The molecule has 5 aliphatic rings. The number of hydrogen-bond donors (Lipinski definition) is 0. The zero-order valence-corrected chi connectivity index (χ0v) is 14.1. The summed E-state index contributed by atoms with van der Waals surface area (Å²) < 4.78 is 0. The summed E-state index contributed by atoms with van der Waals surface area (Å²) in [6.07, 6.45) is 3.89. The van der Waals surface area contributed by atoms with E-state index in [0.29, 0.717) is 17.8 Å². The van der Waals surface area contributed by atoms with Gasteiger partial charge in [0.15, 0.2) is 5.78 Å². The number of fused-ring (bicyclic) bond motifs is 4. The molecule has 2 unspecified atom stereocenters. The highest BCUT2D eigenvalue weighted by molar-refractivity contribution is 6.02. The highest BCUT2D eigenvalue weighted by Crippen LogP contribution is 2.60. The van der Waals surface area contributed by atoms with E-state index in [4.69, 9.17) is 0 Å². The third-order valence-electron chi connectivity index (χ3n) is 6.97.